The number of rotatable bonds is 2. The van der Waals surface area contributed by atoms with E-state index in [1.54, 1.807) is 6.07 Å². The van der Waals surface area contributed by atoms with Crippen LogP contribution in [0.15, 0.2) is 18.2 Å². The van der Waals surface area contributed by atoms with Crippen molar-refractivity contribution in [3.05, 3.63) is 34.3 Å². The molecule has 0 saturated heterocycles. The van der Waals surface area contributed by atoms with Crippen LogP contribution >= 0.6 is 11.6 Å². The predicted octanol–water partition coefficient (Wildman–Crippen LogP) is 2.90. The Morgan fingerprint density at radius 3 is 2.73 bits per heavy atom. The van der Waals surface area contributed by atoms with E-state index in [9.17, 15) is 0 Å². The van der Waals surface area contributed by atoms with E-state index in [0.717, 1.165) is 17.5 Å². The SMILES string of the molecule is CCc1cccc(Cl)c1C=N. The zero-order valence-electron chi connectivity index (χ0n) is 6.39. The normalized spacial score (nSPS) is 9.64. The van der Waals surface area contributed by atoms with Crippen LogP contribution in [0.25, 0.3) is 0 Å². The van der Waals surface area contributed by atoms with Gasteiger partial charge in [0.05, 0.1) is 0 Å². The number of benzene rings is 1. The van der Waals surface area contributed by atoms with Crippen molar-refractivity contribution in [1.82, 2.24) is 0 Å². The average molecular weight is 168 g/mol. The van der Waals surface area contributed by atoms with Gasteiger partial charge in [0, 0.05) is 16.8 Å². The summed E-state index contributed by atoms with van der Waals surface area (Å²) in [5, 5.41) is 7.79. The fourth-order valence-corrected chi connectivity index (χ4v) is 1.30. The molecule has 0 atom stereocenters. The van der Waals surface area contributed by atoms with Gasteiger partial charge in [-0.1, -0.05) is 30.7 Å². The number of nitrogens with one attached hydrogen (secondary N) is 1. The lowest BCUT2D eigenvalue weighted by Gasteiger charge is -2.02. The number of aryl methyl sites for hydroxylation is 1. The highest BCUT2D eigenvalue weighted by molar-refractivity contribution is 6.33. The maximum absolute atomic E-state index is 7.12. The highest BCUT2D eigenvalue weighted by atomic mass is 35.5. The Balaban J connectivity index is 3.24. The molecule has 0 unspecified atom stereocenters. The lowest BCUT2D eigenvalue weighted by molar-refractivity contribution is 1.13. The van der Waals surface area contributed by atoms with Crippen LogP contribution in [-0.4, -0.2) is 6.21 Å². The molecule has 1 N–H and O–H groups in total. The van der Waals surface area contributed by atoms with Crippen molar-refractivity contribution in [3.63, 3.8) is 0 Å². The molecule has 0 saturated carbocycles. The van der Waals surface area contributed by atoms with Gasteiger partial charge in [-0.3, -0.25) is 0 Å². The van der Waals surface area contributed by atoms with E-state index in [-0.39, 0.29) is 0 Å². The van der Waals surface area contributed by atoms with Gasteiger partial charge in [-0.2, -0.15) is 0 Å². The first kappa shape index (κ1) is 8.28. The largest absolute Gasteiger partial charge is 0.308 e. The summed E-state index contributed by atoms with van der Waals surface area (Å²) < 4.78 is 0. The van der Waals surface area contributed by atoms with E-state index in [1.165, 1.54) is 6.21 Å². The Hall–Kier alpha value is -0.820. The first-order valence-corrected chi connectivity index (χ1v) is 3.95. The maximum Gasteiger partial charge on any atom is 0.0496 e. The van der Waals surface area contributed by atoms with E-state index in [1.807, 2.05) is 12.1 Å². The zero-order chi connectivity index (χ0) is 8.27. The van der Waals surface area contributed by atoms with Crippen LogP contribution < -0.4 is 0 Å². The smallest absolute Gasteiger partial charge is 0.0496 e. The van der Waals surface area contributed by atoms with Gasteiger partial charge in [-0.15, -0.1) is 0 Å². The summed E-state index contributed by atoms with van der Waals surface area (Å²) in [6, 6.07) is 5.71. The average Bonchev–Trinajstić information content (AvgIpc) is 2.04. The minimum atomic E-state index is 0.666. The molecule has 1 nitrogen and oxygen atoms in total. The molecule has 1 aromatic carbocycles. The minimum absolute atomic E-state index is 0.666. The molecule has 0 amide bonds. The van der Waals surface area contributed by atoms with Crippen molar-refractivity contribution in [2.75, 3.05) is 0 Å². The molecule has 1 rings (SSSR count). The van der Waals surface area contributed by atoms with Gasteiger partial charge < -0.3 is 5.41 Å². The number of hydrogen-bond acceptors (Lipinski definition) is 1. The second-order valence-corrected chi connectivity index (χ2v) is 2.72. The first-order valence-electron chi connectivity index (χ1n) is 3.57. The molecule has 0 radical (unpaired) electrons. The lowest BCUT2D eigenvalue weighted by atomic mass is 10.1. The topological polar surface area (TPSA) is 23.9 Å². The standard InChI is InChI=1S/C9H10ClN/c1-2-7-4-3-5-9(10)8(7)6-11/h3-6,11H,2H2,1H3. The predicted molar refractivity (Wildman–Crippen MR) is 48.7 cm³/mol. The van der Waals surface area contributed by atoms with Crippen molar-refractivity contribution in [2.45, 2.75) is 13.3 Å². The Morgan fingerprint density at radius 2 is 2.27 bits per heavy atom. The number of hydrogen-bond donors (Lipinski definition) is 1. The third kappa shape index (κ3) is 1.60. The van der Waals surface area contributed by atoms with Gasteiger partial charge in [-0.25, -0.2) is 0 Å². The fourth-order valence-electron chi connectivity index (χ4n) is 1.05. The molecule has 1 aromatic rings. The van der Waals surface area contributed by atoms with Crippen LogP contribution in [0.1, 0.15) is 18.1 Å². The minimum Gasteiger partial charge on any atom is -0.308 e. The molecule has 58 valence electrons. The lowest BCUT2D eigenvalue weighted by Crippen LogP contribution is -1.90. The summed E-state index contributed by atoms with van der Waals surface area (Å²) in [5.74, 6) is 0. The van der Waals surface area contributed by atoms with E-state index in [4.69, 9.17) is 17.0 Å². The molecule has 0 bridgehead atoms. The van der Waals surface area contributed by atoms with E-state index in [0.29, 0.717) is 5.02 Å². The molecule has 0 aliphatic carbocycles. The highest BCUT2D eigenvalue weighted by Crippen LogP contribution is 2.17. The molecular weight excluding hydrogens is 158 g/mol. The van der Waals surface area contributed by atoms with Gasteiger partial charge in [-0.05, 0) is 18.1 Å². The van der Waals surface area contributed by atoms with Crippen LogP contribution in [0.2, 0.25) is 5.02 Å². The molecule has 11 heavy (non-hydrogen) atoms. The van der Waals surface area contributed by atoms with Crippen molar-refractivity contribution < 1.29 is 0 Å². The molecule has 0 aliphatic rings. The Kier molecular flexibility index (Phi) is 2.66. The molecule has 0 heterocycles. The van der Waals surface area contributed by atoms with Crippen molar-refractivity contribution >= 4 is 17.8 Å². The van der Waals surface area contributed by atoms with Gasteiger partial charge in [0.25, 0.3) is 0 Å². The van der Waals surface area contributed by atoms with Crippen molar-refractivity contribution in [2.24, 2.45) is 0 Å². The summed E-state index contributed by atoms with van der Waals surface area (Å²) in [6.07, 6.45) is 2.23. The first-order chi connectivity index (χ1) is 5.29. The summed E-state index contributed by atoms with van der Waals surface area (Å²) in [6.45, 7) is 2.05. The Labute approximate surface area is 71.5 Å². The van der Waals surface area contributed by atoms with E-state index in [2.05, 4.69) is 6.92 Å². The third-order valence-electron chi connectivity index (χ3n) is 1.67. The van der Waals surface area contributed by atoms with E-state index < -0.39 is 0 Å². The molecule has 0 aliphatic heterocycles. The second-order valence-electron chi connectivity index (χ2n) is 2.31. The molecule has 2 heteroatoms. The Morgan fingerprint density at radius 1 is 1.55 bits per heavy atom. The summed E-state index contributed by atoms with van der Waals surface area (Å²) in [4.78, 5) is 0. The highest BCUT2D eigenvalue weighted by Gasteiger charge is 2.00. The quantitative estimate of drug-likeness (QED) is 0.655. The van der Waals surface area contributed by atoms with Gasteiger partial charge >= 0.3 is 0 Å². The van der Waals surface area contributed by atoms with Crippen LogP contribution in [0.4, 0.5) is 0 Å². The van der Waals surface area contributed by atoms with Gasteiger partial charge in [0.15, 0.2) is 0 Å². The van der Waals surface area contributed by atoms with Crippen LogP contribution in [0.5, 0.6) is 0 Å². The van der Waals surface area contributed by atoms with Crippen LogP contribution in [0.3, 0.4) is 0 Å². The fraction of sp³-hybridized carbons (Fsp3) is 0.222. The molecule has 0 aromatic heterocycles. The summed E-state index contributed by atoms with van der Waals surface area (Å²) >= 11 is 5.86. The van der Waals surface area contributed by atoms with Gasteiger partial charge in [0.1, 0.15) is 0 Å². The van der Waals surface area contributed by atoms with Gasteiger partial charge in [0.2, 0.25) is 0 Å². The van der Waals surface area contributed by atoms with Crippen molar-refractivity contribution in [1.29, 1.82) is 5.41 Å². The molecule has 0 spiro atoms. The second kappa shape index (κ2) is 3.54. The monoisotopic (exact) mass is 167 g/mol. The molecular formula is C9H10ClN. The third-order valence-corrected chi connectivity index (χ3v) is 2.00. The number of halogens is 1. The van der Waals surface area contributed by atoms with Crippen molar-refractivity contribution in [3.8, 4) is 0 Å². The van der Waals surface area contributed by atoms with Crippen LogP contribution in [-0.2, 0) is 6.42 Å². The summed E-state index contributed by atoms with van der Waals surface area (Å²) in [7, 11) is 0. The molecule has 0 fully saturated rings. The van der Waals surface area contributed by atoms with E-state index >= 15 is 0 Å². The van der Waals surface area contributed by atoms with Crippen LogP contribution in [0, 0.1) is 5.41 Å². The zero-order valence-corrected chi connectivity index (χ0v) is 7.15. The summed E-state index contributed by atoms with van der Waals surface area (Å²) in [5.41, 5.74) is 1.98. The Bertz CT molecular complexity index is 268. The maximum atomic E-state index is 7.12.